The third kappa shape index (κ3) is 5.15. The van der Waals surface area contributed by atoms with Gasteiger partial charge in [-0.3, -0.25) is 9.59 Å². The van der Waals surface area contributed by atoms with E-state index >= 15 is 0 Å². The Morgan fingerprint density at radius 3 is 2.36 bits per heavy atom. The van der Waals surface area contributed by atoms with Crippen molar-refractivity contribution in [2.75, 3.05) is 32.7 Å². The summed E-state index contributed by atoms with van der Waals surface area (Å²) < 4.78 is 46.8. The fourth-order valence-corrected chi connectivity index (χ4v) is 5.67. The summed E-state index contributed by atoms with van der Waals surface area (Å²) in [5.74, 6) is -1.08. The van der Waals surface area contributed by atoms with Crippen molar-refractivity contribution in [3.8, 4) is 0 Å². The lowest BCUT2D eigenvalue weighted by Crippen LogP contribution is -2.53. The molecule has 4 rings (SSSR count). The highest BCUT2D eigenvalue weighted by Gasteiger charge is 2.33. The number of hydrogen-bond donors (Lipinski definition) is 0. The molecule has 8 nitrogen and oxygen atoms in total. The van der Waals surface area contributed by atoms with Gasteiger partial charge in [0.25, 0.3) is 5.91 Å². The summed E-state index contributed by atoms with van der Waals surface area (Å²) in [7, 11) is -4.31. The van der Waals surface area contributed by atoms with E-state index in [-0.39, 0.29) is 25.5 Å². The number of carbonyl (C=O) groups excluding carboxylic acids is 2. The quantitative estimate of drug-likeness (QED) is 0.507. The van der Waals surface area contributed by atoms with Crippen molar-refractivity contribution in [3.05, 3.63) is 76.6 Å². The maximum atomic E-state index is 14.3. The van der Waals surface area contributed by atoms with Gasteiger partial charge < -0.3 is 14.2 Å². The molecule has 0 unspecified atom stereocenters. The van der Waals surface area contributed by atoms with Crippen LogP contribution in [0.4, 0.5) is 4.39 Å². The van der Waals surface area contributed by atoms with Crippen molar-refractivity contribution < 1.29 is 26.8 Å². The van der Waals surface area contributed by atoms with E-state index in [1.165, 1.54) is 40.7 Å². The standard InChI is InChI=1S/C22H22FN3O5S2/c23-18-6-1-2-8-20(18)33(29,30)26(15-17-5-3-13-31-17)16-21(27)24-9-11-25(12-10-24)22(28)19-7-4-14-32-19/h1-8,13-14H,9-12,15-16H2. The fraction of sp³-hybridized carbons (Fsp3) is 0.273. The van der Waals surface area contributed by atoms with Gasteiger partial charge in [0.15, 0.2) is 0 Å². The molecule has 1 aliphatic heterocycles. The zero-order valence-electron chi connectivity index (χ0n) is 17.6. The molecule has 3 aromatic rings. The highest BCUT2D eigenvalue weighted by molar-refractivity contribution is 7.89. The summed E-state index contributed by atoms with van der Waals surface area (Å²) in [5, 5.41) is 1.83. The van der Waals surface area contributed by atoms with Gasteiger partial charge in [-0.15, -0.1) is 11.3 Å². The van der Waals surface area contributed by atoms with E-state index in [1.807, 2.05) is 5.38 Å². The minimum absolute atomic E-state index is 0.0846. The number of rotatable bonds is 7. The molecule has 3 heterocycles. The topological polar surface area (TPSA) is 91.1 Å². The predicted molar refractivity (Wildman–Crippen MR) is 120 cm³/mol. The van der Waals surface area contributed by atoms with Crippen LogP contribution >= 0.6 is 11.3 Å². The van der Waals surface area contributed by atoms with Crippen LogP contribution in [0.2, 0.25) is 0 Å². The van der Waals surface area contributed by atoms with Gasteiger partial charge in [0.05, 0.1) is 24.2 Å². The highest BCUT2D eigenvalue weighted by atomic mass is 32.2. The molecule has 1 fully saturated rings. The van der Waals surface area contributed by atoms with Crippen LogP contribution in [-0.2, 0) is 21.4 Å². The maximum absolute atomic E-state index is 14.3. The third-order valence-corrected chi connectivity index (χ3v) is 8.01. The molecule has 2 amide bonds. The first kappa shape index (κ1) is 23.1. The molecule has 0 aliphatic carbocycles. The summed E-state index contributed by atoms with van der Waals surface area (Å²) >= 11 is 1.36. The molecule has 0 atom stereocenters. The molecule has 0 N–H and O–H groups in total. The normalized spacial score (nSPS) is 14.6. The van der Waals surface area contributed by atoms with Crippen LogP contribution in [0.15, 0.2) is 69.5 Å². The van der Waals surface area contributed by atoms with E-state index in [2.05, 4.69) is 0 Å². The average molecular weight is 492 g/mol. The van der Waals surface area contributed by atoms with Gasteiger partial charge in [0.1, 0.15) is 16.5 Å². The Morgan fingerprint density at radius 2 is 1.73 bits per heavy atom. The van der Waals surface area contributed by atoms with Crippen LogP contribution in [0.5, 0.6) is 0 Å². The molecule has 1 saturated heterocycles. The van der Waals surface area contributed by atoms with E-state index < -0.39 is 33.2 Å². The number of halogens is 1. The van der Waals surface area contributed by atoms with Crippen molar-refractivity contribution in [1.29, 1.82) is 0 Å². The van der Waals surface area contributed by atoms with Crippen LogP contribution in [0.1, 0.15) is 15.4 Å². The van der Waals surface area contributed by atoms with Gasteiger partial charge in [-0.25, -0.2) is 12.8 Å². The molecular formula is C22H22FN3O5S2. The molecule has 1 aliphatic rings. The molecule has 2 aromatic heterocycles. The van der Waals surface area contributed by atoms with Gasteiger partial charge in [-0.2, -0.15) is 4.31 Å². The minimum Gasteiger partial charge on any atom is -0.468 e. The zero-order chi connectivity index (χ0) is 23.4. The summed E-state index contributed by atoms with van der Waals surface area (Å²) in [6, 6.07) is 11.8. The average Bonchev–Trinajstić information content (AvgIpc) is 3.53. The van der Waals surface area contributed by atoms with Crippen LogP contribution in [0.3, 0.4) is 0 Å². The minimum atomic E-state index is -4.31. The molecule has 1 aromatic carbocycles. The first-order valence-electron chi connectivity index (χ1n) is 10.2. The second-order valence-electron chi connectivity index (χ2n) is 7.43. The molecule has 174 valence electrons. The lowest BCUT2D eigenvalue weighted by Gasteiger charge is -2.35. The monoisotopic (exact) mass is 491 g/mol. The fourth-order valence-electron chi connectivity index (χ4n) is 3.56. The number of amides is 2. The second kappa shape index (κ2) is 9.86. The number of furan rings is 1. The smallest absolute Gasteiger partial charge is 0.264 e. The van der Waals surface area contributed by atoms with E-state index in [0.717, 1.165) is 10.4 Å². The molecular weight excluding hydrogens is 469 g/mol. The van der Waals surface area contributed by atoms with Crippen molar-refractivity contribution >= 4 is 33.2 Å². The molecule has 0 spiro atoms. The van der Waals surface area contributed by atoms with Crippen molar-refractivity contribution in [3.63, 3.8) is 0 Å². The number of sulfonamides is 1. The Kier molecular flexibility index (Phi) is 6.91. The van der Waals surface area contributed by atoms with Crippen LogP contribution < -0.4 is 0 Å². The predicted octanol–water partition coefficient (Wildman–Crippen LogP) is 2.66. The van der Waals surface area contributed by atoms with Crippen molar-refractivity contribution in [2.45, 2.75) is 11.4 Å². The van der Waals surface area contributed by atoms with E-state index in [4.69, 9.17) is 4.42 Å². The van der Waals surface area contributed by atoms with Crippen molar-refractivity contribution in [2.24, 2.45) is 0 Å². The number of piperazine rings is 1. The van der Waals surface area contributed by atoms with Gasteiger partial charge in [0.2, 0.25) is 15.9 Å². The van der Waals surface area contributed by atoms with Gasteiger partial charge in [-0.05, 0) is 35.7 Å². The number of thiophene rings is 1. The Hall–Kier alpha value is -3.02. The van der Waals surface area contributed by atoms with Gasteiger partial charge in [0, 0.05) is 26.2 Å². The molecule has 0 radical (unpaired) electrons. The summed E-state index contributed by atoms with van der Waals surface area (Å²) in [4.78, 5) is 28.8. The van der Waals surface area contributed by atoms with Crippen LogP contribution in [-0.4, -0.2) is 67.1 Å². The Labute approximate surface area is 194 Å². The largest absolute Gasteiger partial charge is 0.468 e. The highest BCUT2D eigenvalue weighted by Crippen LogP contribution is 2.22. The summed E-state index contributed by atoms with van der Waals surface area (Å²) in [6.07, 6.45) is 1.40. The SMILES string of the molecule is O=C(CN(Cc1ccco1)S(=O)(=O)c1ccccc1F)N1CCN(C(=O)c2cccs2)CC1. The van der Waals surface area contributed by atoms with Crippen molar-refractivity contribution in [1.82, 2.24) is 14.1 Å². The van der Waals surface area contributed by atoms with Crippen LogP contribution in [0.25, 0.3) is 0 Å². The number of benzene rings is 1. The molecule has 0 saturated carbocycles. The van der Waals surface area contributed by atoms with E-state index in [1.54, 1.807) is 29.2 Å². The lowest BCUT2D eigenvalue weighted by molar-refractivity contribution is -0.133. The molecule has 11 heteroatoms. The lowest BCUT2D eigenvalue weighted by atomic mass is 10.3. The number of carbonyl (C=O) groups is 2. The first-order valence-corrected chi connectivity index (χ1v) is 12.6. The Morgan fingerprint density at radius 1 is 1.00 bits per heavy atom. The number of nitrogens with zero attached hydrogens (tertiary/aromatic N) is 3. The number of hydrogen-bond acceptors (Lipinski definition) is 6. The third-order valence-electron chi connectivity index (χ3n) is 5.33. The van der Waals surface area contributed by atoms with Gasteiger partial charge in [-0.1, -0.05) is 18.2 Å². The van der Waals surface area contributed by atoms with E-state index in [9.17, 15) is 22.4 Å². The Balaban J connectivity index is 1.47. The van der Waals surface area contributed by atoms with E-state index in [0.29, 0.717) is 23.7 Å². The first-order chi connectivity index (χ1) is 15.9. The molecule has 33 heavy (non-hydrogen) atoms. The van der Waals surface area contributed by atoms with Crippen LogP contribution in [0, 0.1) is 5.82 Å². The molecule has 0 bridgehead atoms. The summed E-state index contributed by atoms with van der Waals surface area (Å²) in [5.41, 5.74) is 0. The van der Waals surface area contributed by atoms with Gasteiger partial charge >= 0.3 is 0 Å². The Bertz CT molecular complexity index is 1200. The summed E-state index contributed by atoms with van der Waals surface area (Å²) in [6.45, 7) is 0.568. The zero-order valence-corrected chi connectivity index (χ0v) is 19.2. The maximum Gasteiger partial charge on any atom is 0.264 e. The second-order valence-corrected chi connectivity index (χ2v) is 10.3.